The molecule has 0 aliphatic carbocycles. The van der Waals surface area contributed by atoms with Crippen molar-refractivity contribution in [3.63, 3.8) is 0 Å². The van der Waals surface area contributed by atoms with Gasteiger partial charge in [-0.3, -0.25) is 9.79 Å². The summed E-state index contributed by atoms with van der Waals surface area (Å²) in [7, 11) is 0. The molecule has 0 amide bonds. The smallest absolute Gasteiger partial charge is 0.320 e. The number of rotatable bonds is 6. The van der Waals surface area contributed by atoms with Crippen LogP contribution in [0.1, 0.15) is 6.42 Å². The van der Waals surface area contributed by atoms with Gasteiger partial charge in [-0.15, -0.1) is 0 Å². The van der Waals surface area contributed by atoms with Crippen LogP contribution in [0.2, 0.25) is 1.41 Å². The summed E-state index contributed by atoms with van der Waals surface area (Å²) in [4.78, 5) is 14.0. The third kappa shape index (κ3) is 5.88. The molecule has 7 nitrogen and oxygen atoms in total. The second kappa shape index (κ2) is 5.33. The lowest BCUT2D eigenvalue weighted by molar-refractivity contribution is -0.138. The number of carbonyl (C=O) groups is 1. The van der Waals surface area contributed by atoms with Crippen LogP contribution in [0.5, 0.6) is 0 Å². The van der Waals surface area contributed by atoms with Crippen molar-refractivity contribution in [1.82, 2.24) is 0 Å². The maximum atomic E-state index is 10.4. The molecule has 13 heavy (non-hydrogen) atoms. The summed E-state index contributed by atoms with van der Waals surface area (Å²) >= 11 is 0. The molecule has 1 unspecified atom stereocenters. The molecule has 0 fully saturated rings. The number of carboxylic acids is 1. The van der Waals surface area contributed by atoms with Gasteiger partial charge in [-0.2, -0.15) is 0 Å². The van der Waals surface area contributed by atoms with Crippen molar-refractivity contribution in [3.05, 3.63) is 0 Å². The third-order valence-electron chi connectivity index (χ3n) is 1.35. The number of nitrogens with zero attached hydrogens (tertiary/aromatic N) is 1. The van der Waals surface area contributed by atoms with Crippen LogP contribution in [0.4, 0.5) is 0 Å². The van der Waals surface area contributed by atoms with Crippen LogP contribution >= 0.6 is 0 Å². The van der Waals surface area contributed by atoms with Crippen molar-refractivity contribution < 1.29 is 11.3 Å². The Morgan fingerprint density at radius 2 is 2.23 bits per heavy atom. The molecule has 0 aromatic heterocycles. The van der Waals surface area contributed by atoms with Crippen LogP contribution in [0.25, 0.3) is 0 Å². The average Bonchev–Trinajstić information content (AvgIpc) is 2.11. The second-order valence-electron chi connectivity index (χ2n) is 2.64. The molecule has 0 aliphatic heterocycles. The molecule has 0 aromatic rings. The summed E-state index contributed by atoms with van der Waals surface area (Å²) < 4.78 is 6.89. The SMILES string of the molecule is [2H]NC(CN=C(N)N)C[C@H](N)C(=O)O. The molecule has 0 spiro atoms. The Morgan fingerprint density at radius 3 is 2.62 bits per heavy atom. The van der Waals surface area contributed by atoms with Crippen LogP contribution in [0.15, 0.2) is 4.99 Å². The van der Waals surface area contributed by atoms with Gasteiger partial charge in [0.1, 0.15) is 7.45 Å². The molecular formula is C6H15N5O2. The molecule has 7 heteroatoms. The normalized spacial score (nSPS) is 15.6. The molecule has 0 rings (SSSR count). The van der Waals surface area contributed by atoms with Gasteiger partial charge < -0.3 is 28.0 Å². The Hall–Kier alpha value is -1.34. The van der Waals surface area contributed by atoms with Crippen LogP contribution in [0.3, 0.4) is 0 Å². The molecule has 0 heterocycles. The van der Waals surface area contributed by atoms with Gasteiger partial charge in [0.05, 0.1) is 6.54 Å². The van der Waals surface area contributed by atoms with E-state index in [1.807, 2.05) is 0 Å². The average molecular weight is 190 g/mol. The van der Waals surface area contributed by atoms with E-state index in [9.17, 15) is 4.79 Å². The highest BCUT2D eigenvalue weighted by atomic mass is 16.4. The molecule has 76 valence electrons. The zero-order chi connectivity index (χ0) is 11.1. The monoisotopic (exact) mass is 190 g/mol. The topological polar surface area (TPSA) is 154 Å². The van der Waals surface area contributed by atoms with E-state index in [2.05, 4.69) is 10.7 Å². The van der Waals surface area contributed by atoms with Crippen molar-refractivity contribution >= 4 is 11.9 Å². The maximum absolute atomic E-state index is 10.4. The van der Waals surface area contributed by atoms with Crippen molar-refractivity contribution in [2.24, 2.45) is 27.9 Å². The Kier molecular flexibility index (Phi) is 4.00. The fraction of sp³-hybridized carbons (Fsp3) is 0.667. The van der Waals surface area contributed by atoms with Crippen LogP contribution in [-0.2, 0) is 4.79 Å². The molecule has 0 aromatic carbocycles. The fourth-order valence-electron chi connectivity index (χ4n) is 0.697. The second-order valence-corrected chi connectivity index (χ2v) is 2.64. The highest BCUT2D eigenvalue weighted by Crippen LogP contribution is 1.94. The molecule has 0 saturated heterocycles. The molecule has 0 bridgehead atoms. The summed E-state index contributed by atoms with van der Waals surface area (Å²) in [5, 5.41) is 8.50. The van der Waals surface area contributed by atoms with E-state index in [1.165, 1.54) is 0 Å². The van der Waals surface area contributed by atoms with E-state index in [-0.39, 0.29) is 18.9 Å². The quantitative estimate of drug-likeness (QED) is 0.228. The first-order valence-electron chi connectivity index (χ1n) is 4.18. The van der Waals surface area contributed by atoms with E-state index in [0.29, 0.717) is 0 Å². The van der Waals surface area contributed by atoms with E-state index >= 15 is 0 Å². The van der Waals surface area contributed by atoms with E-state index in [4.69, 9.17) is 23.7 Å². The lowest BCUT2D eigenvalue weighted by atomic mass is 10.1. The summed E-state index contributed by atoms with van der Waals surface area (Å²) in [6.07, 6.45) is 0.0929. The van der Waals surface area contributed by atoms with Crippen molar-refractivity contribution in [2.75, 3.05) is 6.54 Å². The number of carboxylic acid groups (broad SMARTS) is 1. The number of aliphatic carboxylic acids is 1. The third-order valence-corrected chi connectivity index (χ3v) is 1.35. The van der Waals surface area contributed by atoms with Crippen LogP contribution in [-0.4, -0.2) is 35.7 Å². The van der Waals surface area contributed by atoms with Crippen molar-refractivity contribution in [1.29, 1.82) is 0 Å². The lowest BCUT2D eigenvalue weighted by Gasteiger charge is -2.11. The summed E-state index contributed by atoms with van der Waals surface area (Å²) in [6.45, 7) is 0.132. The van der Waals surface area contributed by atoms with Gasteiger partial charge in [0.15, 0.2) is 5.96 Å². The molecule has 0 saturated carbocycles. The number of hydrogen-bond acceptors (Lipinski definition) is 4. The first kappa shape index (κ1) is 9.75. The highest BCUT2D eigenvalue weighted by molar-refractivity contribution is 5.75. The van der Waals surface area contributed by atoms with Crippen molar-refractivity contribution in [3.8, 4) is 0 Å². The number of hydrogen-bond donors (Lipinski definition) is 5. The van der Waals surface area contributed by atoms with E-state index in [1.54, 1.807) is 0 Å². The Labute approximate surface area is 77.2 Å². The molecular weight excluding hydrogens is 174 g/mol. The van der Waals surface area contributed by atoms with Gasteiger partial charge >= 0.3 is 5.97 Å². The lowest BCUT2D eigenvalue weighted by Crippen LogP contribution is -2.39. The standard InChI is InChI=1S/C6H15N5O2/c7-3(2-11-6(9)10)1-4(8)5(12)13/h3-4H,1-2,7-8H2,(H,12,13)(H4,9,10,11)/t3?,4-/m0/s1/i/hD. The minimum absolute atomic E-state index is 0.0929. The molecule has 0 radical (unpaired) electrons. The summed E-state index contributed by atoms with van der Waals surface area (Å²) in [5.41, 5.74) is 17.6. The molecule has 0 aliphatic rings. The van der Waals surface area contributed by atoms with E-state index in [0.717, 1.165) is 0 Å². The Balaban J connectivity index is 4.03. The van der Waals surface area contributed by atoms with Gasteiger partial charge in [-0.25, -0.2) is 0 Å². The number of guanidine groups is 1. The fourth-order valence-corrected chi connectivity index (χ4v) is 0.697. The zero-order valence-corrected chi connectivity index (χ0v) is 7.10. The van der Waals surface area contributed by atoms with Crippen LogP contribution < -0.4 is 22.9 Å². The van der Waals surface area contributed by atoms with Gasteiger partial charge in [0.2, 0.25) is 0 Å². The van der Waals surface area contributed by atoms with E-state index < -0.39 is 18.1 Å². The largest absolute Gasteiger partial charge is 0.480 e. The number of aliphatic imine (C=N–C) groups is 1. The van der Waals surface area contributed by atoms with Gasteiger partial charge in [-0.05, 0) is 6.42 Å². The molecule has 9 N–H and O–H groups in total. The van der Waals surface area contributed by atoms with Gasteiger partial charge in [0, 0.05) is 6.04 Å². The summed E-state index contributed by atoms with van der Waals surface area (Å²) in [5.74, 6) is -1.22. The molecule has 2 atom stereocenters. The van der Waals surface area contributed by atoms with Crippen LogP contribution in [0, 0.1) is 0 Å². The van der Waals surface area contributed by atoms with Gasteiger partial charge in [0.25, 0.3) is 0 Å². The summed E-state index contributed by atoms with van der Waals surface area (Å²) in [6, 6.07) is -1.49. The first-order valence-corrected chi connectivity index (χ1v) is 3.68. The predicted molar refractivity (Wildman–Crippen MR) is 48.9 cm³/mol. The highest BCUT2D eigenvalue weighted by Gasteiger charge is 2.15. The zero-order valence-electron chi connectivity index (χ0n) is 8.10. The van der Waals surface area contributed by atoms with Gasteiger partial charge in [-0.1, -0.05) is 0 Å². The number of nitrogens with two attached hydrogens (primary N) is 4. The Morgan fingerprint density at radius 1 is 1.62 bits per heavy atom. The minimum Gasteiger partial charge on any atom is -0.480 e. The maximum Gasteiger partial charge on any atom is 0.320 e. The minimum atomic E-state index is -1.12. The first-order chi connectivity index (χ1) is 6.47. The Bertz CT molecular complexity index is 218. The predicted octanol–water partition coefficient (Wildman–Crippen LogP) is -2.61. The van der Waals surface area contributed by atoms with Crippen molar-refractivity contribution in [2.45, 2.75) is 18.5 Å².